The van der Waals surface area contributed by atoms with Crippen LogP contribution in [0.4, 0.5) is 5.69 Å². The van der Waals surface area contributed by atoms with Crippen LogP contribution in [0.25, 0.3) is 0 Å². The fourth-order valence-electron chi connectivity index (χ4n) is 1.30. The molecule has 0 bridgehead atoms. The van der Waals surface area contributed by atoms with Crippen LogP contribution in [0.3, 0.4) is 0 Å². The zero-order valence-electron chi connectivity index (χ0n) is 8.33. The number of rotatable bonds is 3. The van der Waals surface area contributed by atoms with Crippen molar-refractivity contribution in [1.29, 1.82) is 0 Å². The van der Waals surface area contributed by atoms with Gasteiger partial charge in [0.15, 0.2) is 0 Å². The van der Waals surface area contributed by atoms with Gasteiger partial charge in [0.05, 0.1) is 4.34 Å². The number of nitrogens with one attached hydrogen (secondary N) is 1. The second kappa shape index (κ2) is 4.64. The topological polar surface area (TPSA) is 24.9 Å². The van der Waals surface area contributed by atoms with Crippen molar-refractivity contribution >= 4 is 28.6 Å². The van der Waals surface area contributed by atoms with Crippen molar-refractivity contribution in [3.8, 4) is 0 Å². The van der Waals surface area contributed by atoms with Gasteiger partial charge in [-0.25, -0.2) is 0 Å². The van der Waals surface area contributed by atoms with Crippen LogP contribution in [0, 0.1) is 6.92 Å². The standard InChI is InChI=1S/C11H11ClN2S/c1-8-6-13-5-4-10(8)14-7-9-2-3-11(12)15-9/h2-6H,7H2,1H3,(H,13,14). The average molecular weight is 239 g/mol. The Labute approximate surface area is 97.9 Å². The molecule has 0 atom stereocenters. The van der Waals surface area contributed by atoms with Gasteiger partial charge in [-0.3, -0.25) is 4.98 Å². The highest BCUT2D eigenvalue weighted by molar-refractivity contribution is 7.16. The Morgan fingerprint density at radius 3 is 2.93 bits per heavy atom. The summed E-state index contributed by atoms with van der Waals surface area (Å²) >= 11 is 7.45. The van der Waals surface area contributed by atoms with Crippen molar-refractivity contribution < 1.29 is 0 Å². The lowest BCUT2D eigenvalue weighted by Gasteiger charge is -2.06. The molecule has 0 aliphatic carbocycles. The van der Waals surface area contributed by atoms with Crippen LogP contribution in [0.2, 0.25) is 4.34 Å². The number of halogens is 1. The SMILES string of the molecule is Cc1cnccc1NCc1ccc(Cl)s1. The molecular weight excluding hydrogens is 228 g/mol. The molecular formula is C11H11ClN2S. The van der Waals surface area contributed by atoms with Crippen LogP contribution in [0.15, 0.2) is 30.6 Å². The van der Waals surface area contributed by atoms with Crippen LogP contribution in [-0.4, -0.2) is 4.98 Å². The molecule has 0 radical (unpaired) electrons. The first-order chi connectivity index (χ1) is 7.25. The number of hydrogen-bond donors (Lipinski definition) is 1. The maximum Gasteiger partial charge on any atom is 0.0931 e. The van der Waals surface area contributed by atoms with Crippen molar-refractivity contribution in [2.24, 2.45) is 0 Å². The molecule has 2 aromatic rings. The van der Waals surface area contributed by atoms with Gasteiger partial charge in [0.25, 0.3) is 0 Å². The largest absolute Gasteiger partial charge is 0.380 e. The van der Waals surface area contributed by atoms with Gasteiger partial charge in [0.1, 0.15) is 0 Å². The molecule has 15 heavy (non-hydrogen) atoms. The third-order valence-corrected chi connectivity index (χ3v) is 3.33. The Morgan fingerprint density at radius 2 is 2.27 bits per heavy atom. The van der Waals surface area contributed by atoms with Gasteiger partial charge in [0.2, 0.25) is 0 Å². The second-order valence-electron chi connectivity index (χ2n) is 3.25. The number of nitrogens with zero attached hydrogens (tertiary/aromatic N) is 1. The Hall–Kier alpha value is -1.06. The van der Waals surface area contributed by atoms with Crippen LogP contribution in [-0.2, 0) is 6.54 Å². The van der Waals surface area contributed by atoms with Gasteiger partial charge in [0, 0.05) is 29.5 Å². The van der Waals surface area contributed by atoms with Crippen LogP contribution < -0.4 is 5.32 Å². The number of pyridine rings is 1. The highest BCUT2D eigenvalue weighted by atomic mass is 35.5. The number of thiophene rings is 1. The Morgan fingerprint density at radius 1 is 1.40 bits per heavy atom. The molecule has 2 nitrogen and oxygen atoms in total. The first-order valence-electron chi connectivity index (χ1n) is 4.64. The van der Waals surface area contributed by atoms with Gasteiger partial charge >= 0.3 is 0 Å². The van der Waals surface area contributed by atoms with Crippen molar-refractivity contribution in [3.63, 3.8) is 0 Å². The van der Waals surface area contributed by atoms with E-state index in [0.29, 0.717) is 0 Å². The Kier molecular flexibility index (Phi) is 3.23. The minimum absolute atomic E-state index is 0.808. The molecule has 0 amide bonds. The van der Waals surface area contributed by atoms with Gasteiger partial charge in [-0.2, -0.15) is 0 Å². The van der Waals surface area contributed by atoms with Crippen LogP contribution in [0.1, 0.15) is 10.4 Å². The molecule has 4 heteroatoms. The van der Waals surface area contributed by atoms with Crippen molar-refractivity contribution in [1.82, 2.24) is 4.98 Å². The van der Waals surface area contributed by atoms with E-state index in [2.05, 4.69) is 10.3 Å². The van der Waals surface area contributed by atoms with Crippen molar-refractivity contribution in [2.75, 3.05) is 5.32 Å². The van der Waals surface area contributed by atoms with Gasteiger partial charge in [-0.15, -0.1) is 11.3 Å². The smallest absolute Gasteiger partial charge is 0.0931 e. The minimum Gasteiger partial charge on any atom is -0.380 e. The van der Waals surface area contributed by atoms with E-state index in [9.17, 15) is 0 Å². The Balaban J connectivity index is 2.02. The first kappa shape index (κ1) is 10.5. The summed E-state index contributed by atoms with van der Waals surface area (Å²) in [6, 6.07) is 5.93. The summed E-state index contributed by atoms with van der Waals surface area (Å²) < 4.78 is 0.832. The molecule has 78 valence electrons. The van der Waals surface area contributed by atoms with Crippen LogP contribution in [0.5, 0.6) is 0 Å². The zero-order valence-corrected chi connectivity index (χ0v) is 9.90. The molecule has 0 fully saturated rings. The van der Waals surface area contributed by atoms with Crippen molar-refractivity contribution in [2.45, 2.75) is 13.5 Å². The Bertz CT molecular complexity index is 453. The van der Waals surface area contributed by atoms with E-state index in [-0.39, 0.29) is 0 Å². The zero-order chi connectivity index (χ0) is 10.7. The maximum absolute atomic E-state index is 5.85. The average Bonchev–Trinajstić information content (AvgIpc) is 2.63. The normalized spacial score (nSPS) is 10.3. The lowest BCUT2D eigenvalue weighted by Crippen LogP contribution is -1.99. The summed E-state index contributed by atoms with van der Waals surface area (Å²) in [5.74, 6) is 0. The molecule has 0 aromatic carbocycles. The highest BCUT2D eigenvalue weighted by Crippen LogP contribution is 2.22. The van der Waals surface area contributed by atoms with E-state index in [1.807, 2.05) is 31.3 Å². The molecule has 2 heterocycles. The van der Waals surface area contributed by atoms with Gasteiger partial charge in [-0.05, 0) is 30.7 Å². The summed E-state index contributed by atoms with van der Waals surface area (Å²) in [4.78, 5) is 5.28. The first-order valence-corrected chi connectivity index (χ1v) is 5.84. The van der Waals surface area contributed by atoms with E-state index in [1.54, 1.807) is 17.5 Å². The third kappa shape index (κ3) is 2.70. The van der Waals surface area contributed by atoms with E-state index in [4.69, 9.17) is 11.6 Å². The van der Waals surface area contributed by atoms with Gasteiger partial charge < -0.3 is 5.32 Å². The molecule has 0 saturated heterocycles. The quantitative estimate of drug-likeness (QED) is 0.882. The summed E-state index contributed by atoms with van der Waals surface area (Å²) in [5.41, 5.74) is 2.27. The molecule has 0 aliphatic heterocycles. The van der Waals surface area contributed by atoms with Crippen LogP contribution >= 0.6 is 22.9 Å². The van der Waals surface area contributed by atoms with E-state index >= 15 is 0 Å². The number of hydrogen-bond acceptors (Lipinski definition) is 3. The fourth-order valence-corrected chi connectivity index (χ4v) is 2.33. The lowest BCUT2D eigenvalue weighted by molar-refractivity contribution is 1.16. The van der Waals surface area contributed by atoms with Crippen molar-refractivity contribution in [3.05, 3.63) is 45.4 Å². The van der Waals surface area contributed by atoms with E-state index in [0.717, 1.165) is 22.1 Å². The fraction of sp³-hybridized carbons (Fsp3) is 0.182. The highest BCUT2D eigenvalue weighted by Gasteiger charge is 1.99. The molecule has 2 rings (SSSR count). The summed E-state index contributed by atoms with van der Waals surface area (Å²) in [7, 11) is 0. The summed E-state index contributed by atoms with van der Waals surface area (Å²) in [5, 5.41) is 3.35. The summed E-state index contributed by atoms with van der Waals surface area (Å²) in [6.07, 6.45) is 3.64. The predicted molar refractivity (Wildman–Crippen MR) is 65.6 cm³/mol. The second-order valence-corrected chi connectivity index (χ2v) is 5.05. The monoisotopic (exact) mass is 238 g/mol. The predicted octanol–water partition coefficient (Wildman–Crippen LogP) is 3.72. The lowest BCUT2D eigenvalue weighted by atomic mass is 10.2. The third-order valence-electron chi connectivity index (χ3n) is 2.10. The minimum atomic E-state index is 0.808. The molecule has 0 spiro atoms. The van der Waals surface area contributed by atoms with E-state index < -0.39 is 0 Å². The van der Waals surface area contributed by atoms with Gasteiger partial charge in [-0.1, -0.05) is 11.6 Å². The molecule has 0 saturated carbocycles. The number of anilines is 1. The maximum atomic E-state index is 5.85. The molecule has 2 aromatic heterocycles. The molecule has 0 unspecified atom stereocenters. The number of aryl methyl sites for hydroxylation is 1. The summed E-state index contributed by atoms with van der Waals surface area (Å²) in [6.45, 7) is 2.85. The molecule has 1 N–H and O–H groups in total. The number of aromatic nitrogens is 1. The molecule has 0 aliphatic rings. The van der Waals surface area contributed by atoms with E-state index in [1.165, 1.54) is 4.88 Å².